The van der Waals surface area contributed by atoms with Crippen LogP contribution < -0.4 is 5.32 Å². The molecule has 2 aromatic rings. The first-order valence-corrected chi connectivity index (χ1v) is 11.7. The molecule has 0 bridgehead atoms. The zero-order valence-electron chi connectivity index (χ0n) is 18.8. The molecule has 1 aliphatic heterocycles. The Morgan fingerprint density at radius 1 is 1.00 bits per heavy atom. The van der Waals surface area contributed by atoms with Crippen molar-refractivity contribution in [2.45, 2.75) is 43.2 Å². The lowest BCUT2D eigenvalue weighted by Crippen LogP contribution is -2.56. The van der Waals surface area contributed by atoms with Crippen LogP contribution in [0.25, 0.3) is 11.1 Å². The number of carbonyl (C=O) groups excluding carboxylic acids is 2. The highest BCUT2D eigenvalue weighted by Gasteiger charge is 2.44. The molecule has 8 heteroatoms. The van der Waals surface area contributed by atoms with Gasteiger partial charge in [-0.3, -0.25) is 4.79 Å². The molecule has 2 aliphatic carbocycles. The molecule has 0 radical (unpaired) electrons. The van der Waals surface area contributed by atoms with Gasteiger partial charge in [-0.2, -0.15) is 0 Å². The number of fused-ring (bicyclic) bond motifs is 3. The molecule has 0 spiro atoms. The van der Waals surface area contributed by atoms with E-state index in [1.807, 2.05) is 36.4 Å². The number of aliphatic hydroxyl groups is 1. The molecular weight excluding hydrogens is 436 g/mol. The number of amides is 2. The van der Waals surface area contributed by atoms with Gasteiger partial charge in [-0.1, -0.05) is 48.5 Å². The highest BCUT2D eigenvalue weighted by Crippen LogP contribution is 2.44. The van der Waals surface area contributed by atoms with Crippen LogP contribution in [0.2, 0.25) is 0 Å². The number of likely N-dealkylation sites (tertiary alicyclic amines) is 1. The van der Waals surface area contributed by atoms with Crippen LogP contribution in [0.3, 0.4) is 0 Å². The number of piperidine rings is 1. The Balaban J connectivity index is 1.22. The predicted octanol–water partition coefficient (Wildman–Crippen LogP) is 2.74. The van der Waals surface area contributed by atoms with Crippen LogP contribution in [0.1, 0.15) is 42.7 Å². The summed E-state index contributed by atoms with van der Waals surface area (Å²) in [6.07, 6.45) is 0.985. The van der Waals surface area contributed by atoms with Crippen LogP contribution in [0.5, 0.6) is 0 Å². The normalized spacial score (nSPS) is 19.6. The highest BCUT2D eigenvalue weighted by molar-refractivity contribution is 5.87. The van der Waals surface area contributed by atoms with Crippen molar-refractivity contribution in [3.05, 3.63) is 59.7 Å². The van der Waals surface area contributed by atoms with E-state index in [0.29, 0.717) is 0 Å². The second-order valence-electron chi connectivity index (χ2n) is 9.45. The molecule has 0 aromatic heterocycles. The molecule has 2 aromatic carbocycles. The smallest absolute Gasteiger partial charge is 0.407 e. The molecule has 1 saturated heterocycles. The van der Waals surface area contributed by atoms with E-state index in [4.69, 9.17) is 4.74 Å². The first-order chi connectivity index (χ1) is 16.4. The largest absolute Gasteiger partial charge is 0.479 e. The van der Waals surface area contributed by atoms with Crippen LogP contribution in [0, 0.1) is 5.92 Å². The molecule has 34 heavy (non-hydrogen) atoms. The van der Waals surface area contributed by atoms with Crippen molar-refractivity contribution in [1.29, 1.82) is 0 Å². The zero-order valence-corrected chi connectivity index (χ0v) is 18.8. The van der Waals surface area contributed by atoms with Gasteiger partial charge in [0, 0.05) is 31.8 Å². The minimum atomic E-state index is -1.80. The number of carboxylic acid groups (broad SMARTS) is 1. The number of hydrogen-bond acceptors (Lipinski definition) is 5. The SMILES string of the molecule is O=C(NC(C(=O)N1CCC(O)(C(=O)O)CC1)C1CC1)OCC1c2ccccc2-c2ccccc21. The van der Waals surface area contributed by atoms with Crippen molar-refractivity contribution in [1.82, 2.24) is 10.2 Å². The summed E-state index contributed by atoms with van der Waals surface area (Å²) < 4.78 is 5.61. The molecule has 2 amide bonds. The number of carbonyl (C=O) groups is 3. The molecule has 1 heterocycles. The monoisotopic (exact) mass is 464 g/mol. The average molecular weight is 465 g/mol. The van der Waals surface area contributed by atoms with Gasteiger partial charge in [-0.15, -0.1) is 0 Å². The number of rotatable bonds is 6. The molecule has 2 fully saturated rings. The number of ether oxygens (including phenoxy) is 1. The van der Waals surface area contributed by atoms with E-state index in [0.717, 1.165) is 35.1 Å². The summed E-state index contributed by atoms with van der Waals surface area (Å²) in [4.78, 5) is 38.6. The van der Waals surface area contributed by atoms with E-state index in [2.05, 4.69) is 17.4 Å². The van der Waals surface area contributed by atoms with E-state index < -0.39 is 23.7 Å². The lowest BCUT2D eigenvalue weighted by molar-refractivity contribution is -0.165. The Bertz CT molecular complexity index is 1070. The Hall–Kier alpha value is -3.39. The molecule has 1 saturated carbocycles. The molecule has 1 unspecified atom stereocenters. The Morgan fingerprint density at radius 2 is 1.56 bits per heavy atom. The first kappa shape index (κ1) is 22.4. The van der Waals surface area contributed by atoms with Crippen LogP contribution in [-0.4, -0.2) is 64.4 Å². The fourth-order valence-corrected chi connectivity index (χ4v) is 5.09. The fraction of sp³-hybridized carbons (Fsp3) is 0.423. The van der Waals surface area contributed by atoms with E-state index in [-0.39, 0.29) is 50.3 Å². The molecule has 3 N–H and O–H groups in total. The van der Waals surface area contributed by atoms with E-state index >= 15 is 0 Å². The molecular formula is C26H28N2O6. The standard InChI is InChI=1S/C26H28N2O6/c29-23(28-13-11-26(33,12-14-28)24(30)31)22(16-9-10-16)27-25(32)34-15-21-19-7-3-1-5-17(19)18-6-2-4-8-20(18)21/h1-8,16,21-22,33H,9-15H2,(H,27,32)(H,30,31). The Labute approximate surface area is 197 Å². The number of carboxylic acids is 1. The van der Waals surface area contributed by atoms with Crippen LogP contribution in [-0.2, 0) is 14.3 Å². The third-order valence-corrected chi connectivity index (χ3v) is 7.28. The lowest BCUT2D eigenvalue weighted by atomic mass is 9.91. The third kappa shape index (κ3) is 4.14. The van der Waals surface area contributed by atoms with Crippen LogP contribution >= 0.6 is 0 Å². The van der Waals surface area contributed by atoms with Gasteiger partial charge in [0.15, 0.2) is 5.60 Å². The quantitative estimate of drug-likeness (QED) is 0.605. The molecule has 8 nitrogen and oxygen atoms in total. The minimum Gasteiger partial charge on any atom is -0.479 e. The van der Waals surface area contributed by atoms with Crippen LogP contribution in [0.4, 0.5) is 4.79 Å². The number of benzene rings is 2. The molecule has 178 valence electrons. The first-order valence-electron chi connectivity index (χ1n) is 11.7. The van der Waals surface area contributed by atoms with Gasteiger partial charge < -0.3 is 25.2 Å². The number of aliphatic carboxylic acids is 1. The molecule has 5 rings (SSSR count). The van der Waals surface area contributed by atoms with E-state index in [1.54, 1.807) is 0 Å². The summed E-state index contributed by atoms with van der Waals surface area (Å²) in [6, 6.07) is 15.5. The summed E-state index contributed by atoms with van der Waals surface area (Å²) in [5.74, 6) is -1.53. The van der Waals surface area contributed by atoms with Gasteiger partial charge in [-0.25, -0.2) is 9.59 Å². The maximum atomic E-state index is 13.1. The third-order valence-electron chi connectivity index (χ3n) is 7.28. The predicted molar refractivity (Wildman–Crippen MR) is 123 cm³/mol. The van der Waals surface area contributed by atoms with Crippen molar-refractivity contribution in [3.8, 4) is 11.1 Å². The van der Waals surface area contributed by atoms with E-state index in [9.17, 15) is 24.6 Å². The van der Waals surface area contributed by atoms with Gasteiger partial charge in [0.1, 0.15) is 12.6 Å². The zero-order chi connectivity index (χ0) is 23.9. The van der Waals surface area contributed by atoms with E-state index in [1.165, 1.54) is 4.90 Å². The Morgan fingerprint density at radius 3 is 2.09 bits per heavy atom. The summed E-state index contributed by atoms with van der Waals surface area (Å²) in [6.45, 7) is 0.440. The topological polar surface area (TPSA) is 116 Å². The van der Waals surface area contributed by atoms with Gasteiger partial charge in [0.05, 0.1) is 0 Å². The summed E-state index contributed by atoms with van der Waals surface area (Å²) in [5.41, 5.74) is 2.72. The summed E-state index contributed by atoms with van der Waals surface area (Å²) in [5, 5.41) is 22.1. The number of nitrogens with zero attached hydrogens (tertiary/aromatic N) is 1. The summed E-state index contributed by atoms with van der Waals surface area (Å²) >= 11 is 0. The maximum Gasteiger partial charge on any atom is 0.407 e. The Kier molecular flexibility index (Phi) is 5.77. The van der Waals surface area contributed by atoms with Crippen molar-refractivity contribution in [2.75, 3.05) is 19.7 Å². The van der Waals surface area contributed by atoms with Crippen molar-refractivity contribution in [3.63, 3.8) is 0 Å². The summed E-state index contributed by atoms with van der Waals surface area (Å²) in [7, 11) is 0. The van der Waals surface area contributed by atoms with Crippen molar-refractivity contribution < 1.29 is 29.3 Å². The number of hydrogen-bond donors (Lipinski definition) is 3. The minimum absolute atomic E-state index is 0.0313. The van der Waals surface area contributed by atoms with Crippen molar-refractivity contribution >= 4 is 18.0 Å². The van der Waals surface area contributed by atoms with Gasteiger partial charge in [0.25, 0.3) is 0 Å². The number of alkyl carbamates (subject to hydrolysis) is 1. The van der Waals surface area contributed by atoms with Crippen LogP contribution in [0.15, 0.2) is 48.5 Å². The number of nitrogens with one attached hydrogen (secondary N) is 1. The maximum absolute atomic E-state index is 13.1. The second-order valence-corrected chi connectivity index (χ2v) is 9.45. The lowest BCUT2D eigenvalue weighted by Gasteiger charge is -2.37. The van der Waals surface area contributed by atoms with Gasteiger partial charge in [0.2, 0.25) is 5.91 Å². The fourth-order valence-electron chi connectivity index (χ4n) is 5.09. The average Bonchev–Trinajstić information content (AvgIpc) is 3.64. The second kappa shape index (κ2) is 8.76. The molecule has 3 aliphatic rings. The molecule has 1 atom stereocenters. The highest BCUT2D eigenvalue weighted by atomic mass is 16.5. The van der Waals surface area contributed by atoms with Gasteiger partial charge >= 0.3 is 12.1 Å². The van der Waals surface area contributed by atoms with Crippen molar-refractivity contribution in [2.24, 2.45) is 5.92 Å². The van der Waals surface area contributed by atoms with Gasteiger partial charge in [-0.05, 0) is 41.0 Å².